The summed E-state index contributed by atoms with van der Waals surface area (Å²) in [4.78, 5) is 39.8. The van der Waals surface area contributed by atoms with Crippen LogP contribution in [0.3, 0.4) is 0 Å². The van der Waals surface area contributed by atoms with Crippen LogP contribution < -0.4 is 5.32 Å². The van der Waals surface area contributed by atoms with E-state index < -0.39 is 27.9 Å². The minimum Gasteiger partial charge on any atom is -0.352 e. The average Bonchev–Trinajstić information content (AvgIpc) is 2.96. The molecule has 0 spiro atoms. The summed E-state index contributed by atoms with van der Waals surface area (Å²) in [5.74, 6) is -1.55. The van der Waals surface area contributed by atoms with Gasteiger partial charge in [-0.05, 0) is 50.6 Å². The molecule has 2 aromatic rings. The smallest absolute Gasteiger partial charge is 0.269 e. The number of carbonyl (C=O) groups is 3. The summed E-state index contributed by atoms with van der Waals surface area (Å²) in [6.45, 7) is 4.83. The number of hydrogen-bond acceptors (Lipinski definition) is 5. The molecule has 0 radical (unpaired) electrons. The lowest BCUT2D eigenvalue weighted by Gasteiger charge is -2.30. The van der Waals surface area contributed by atoms with E-state index in [1.54, 1.807) is 39.0 Å². The zero-order valence-corrected chi connectivity index (χ0v) is 21.2. The van der Waals surface area contributed by atoms with Gasteiger partial charge in [0.1, 0.15) is 10.9 Å². The number of halogens is 2. The third-order valence-corrected chi connectivity index (χ3v) is 7.82. The van der Waals surface area contributed by atoms with Crippen LogP contribution >= 0.6 is 23.2 Å². The fourth-order valence-electron chi connectivity index (χ4n) is 3.61. The minimum absolute atomic E-state index is 0.00242. The van der Waals surface area contributed by atoms with Crippen LogP contribution in [-0.2, 0) is 26.2 Å². The van der Waals surface area contributed by atoms with Gasteiger partial charge in [-0.1, -0.05) is 41.4 Å². The maximum Gasteiger partial charge on any atom is 0.269 e. The van der Waals surface area contributed by atoms with Crippen molar-refractivity contribution in [2.24, 2.45) is 0 Å². The Kier molecular flexibility index (Phi) is 7.90. The molecule has 1 N–H and O–H groups in total. The zero-order valence-electron chi connectivity index (χ0n) is 18.9. The second kappa shape index (κ2) is 10.3. The predicted octanol–water partition coefficient (Wildman–Crippen LogP) is 3.47. The van der Waals surface area contributed by atoms with Gasteiger partial charge in [-0.2, -0.15) is 0 Å². The molecule has 0 aliphatic carbocycles. The minimum atomic E-state index is -4.04. The first-order valence-corrected chi connectivity index (χ1v) is 12.8. The number of amides is 3. The monoisotopic (exact) mass is 525 g/mol. The third-order valence-electron chi connectivity index (χ3n) is 5.39. The van der Waals surface area contributed by atoms with Crippen LogP contribution in [0.25, 0.3) is 0 Å². The summed E-state index contributed by atoms with van der Waals surface area (Å²) in [6, 6.07) is 9.70. The summed E-state index contributed by atoms with van der Waals surface area (Å²) in [5, 5.41) is 3.52. The van der Waals surface area contributed by atoms with Crippen LogP contribution in [0.5, 0.6) is 0 Å². The van der Waals surface area contributed by atoms with Crippen LogP contribution in [0.2, 0.25) is 10.0 Å². The van der Waals surface area contributed by atoms with Gasteiger partial charge in [-0.15, -0.1) is 0 Å². The lowest BCUT2D eigenvalue weighted by atomic mass is 10.1. The van der Waals surface area contributed by atoms with Gasteiger partial charge < -0.3 is 10.2 Å². The van der Waals surface area contributed by atoms with E-state index in [-0.39, 0.29) is 41.9 Å². The standard InChI is InChI=1S/C23H25Cl2N3O5S/c1-14(2)26-22(30)15(3)27(13-16-8-9-17(24)12-19(16)25)21(29)10-11-28-23(31)18-6-4-5-7-20(18)34(28,32)33/h4-9,12,14-15H,10-11,13H2,1-3H3,(H,26,30). The summed E-state index contributed by atoms with van der Waals surface area (Å²) in [7, 11) is -4.04. The van der Waals surface area contributed by atoms with Crippen LogP contribution in [0, 0.1) is 0 Å². The van der Waals surface area contributed by atoms with Crippen molar-refractivity contribution in [2.75, 3.05) is 6.54 Å². The molecule has 0 bridgehead atoms. The van der Waals surface area contributed by atoms with Crippen LogP contribution in [-0.4, -0.2) is 54.0 Å². The fraction of sp³-hybridized carbons (Fsp3) is 0.348. The number of rotatable bonds is 8. The zero-order chi connectivity index (χ0) is 25.2. The van der Waals surface area contributed by atoms with E-state index >= 15 is 0 Å². The van der Waals surface area contributed by atoms with Crippen LogP contribution in [0.15, 0.2) is 47.4 Å². The Balaban J connectivity index is 1.82. The highest BCUT2D eigenvalue weighted by atomic mass is 35.5. The highest BCUT2D eigenvalue weighted by molar-refractivity contribution is 7.90. The molecule has 2 aromatic carbocycles. The van der Waals surface area contributed by atoms with E-state index in [1.807, 2.05) is 0 Å². The molecule has 1 unspecified atom stereocenters. The maximum atomic E-state index is 13.2. The molecule has 0 fully saturated rings. The van der Waals surface area contributed by atoms with Crippen molar-refractivity contribution in [1.82, 2.24) is 14.5 Å². The van der Waals surface area contributed by atoms with Crippen molar-refractivity contribution in [3.63, 3.8) is 0 Å². The van der Waals surface area contributed by atoms with Crippen molar-refractivity contribution in [2.45, 2.75) is 50.7 Å². The molecule has 1 atom stereocenters. The molecule has 1 aliphatic heterocycles. The van der Waals surface area contributed by atoms with Gasteiger partial charge in [-0.25, -0.2) is 12.7 Å². The second-order valence-electron chi connectivity index (χ2n) is 8.23. The number of nitrogens with zero attached hydrogens (tertiary/aromatic N) is 2. The number of fused-ring (bicyclic) bond motifs is 1. The van der Waals surface area contributed by atoms with Gasteiger partial charge in [0.2, 0.25) is 11.8 Å². The Labute approximate surface area is 208 Å². The van der Waals surface area contributed by atoms with Crippen LogP contribution in [0.1, 0.15) is 43.1 Å². The lowest BCUT2D eigenvalue weighted by molar-refractivity contribution is -0.140. The molecule has 3 rings (SSSR count). The Hall–Kier alpha value is -2.62. The summed E-state index contributed by atoms with van der Waals surface area (Å²) < 4.78 is 26.3. The first kappa shape index (κ1) is 26.0. The van der Waals surface area contributed by atoms with Gasteiger partial charge in [0.05, 0.1) is 5.56 Å². The number of sulfonamides is 1. The van der Waals surface area contributed by atoms with Crippen molar-refractivity contribution in [3.05, 3.63) is 63.6 Å². The first-order valence-electron chi connectivity index (χ1n) is 10.6. The number of hydrogen-bond donors (Lipinski definition) is 1. The highest BCUT2D eigenvalue weighted by Gasteiger charge is 2.41. The molecule has 0 aromatic heterocycles. The van der Waals surface area contributed by atoms with Gasteiger partial charge in [-0.3, -0.25) is 14.4 Å². The van der Waals surface area contributed by atoms with Crippen molar-refractivity contribution in [1.29, 1.82) is 0 Å². The van der Waals surface area contributed by atoms with E-state index in [0.29, 0.717) is 19.9 Å². The average molecular weight is 526 g/mol. The molecule has 1 heterocycles. The molecule has 182 valence electrons. The Morgan fingerprint density at radius 3 is 2.38 bits per heavy atom. The van der Waals surface area contributed by atoms with E-state index in [0.717, 1.165) is 0 Å². The maximum absolute atomic E-state index is 13.2. The highest BCUT2D eigenvalue weighted by Crippen LogP contribution is 2.30. The third kappa shape index (κ3) is 5.37. The molecule has 34 heavy (non-hydrogen) atoms. The molecule has 8 nitrogen and oxygen atoms in total. The number of nitrogens with one attached hydrogen (secondary N) is 1. The Morgan fingerprint density at radius 2 is 1.76 bits per heavy atom. The normalized spacial score (nSPS) is 15.2. The predicted molar refractivity (Wildman–Crippen MR) is 129 cm³/mol. The van der Waals surface area contributed by atoms with E-state index in [9.17, 15) is 22.8 Å². The van der Waals surface area contributed by atoms with Crippen LogP contribution in [0.4, 0.5) is 0 Å². The largest absolute Gasteiger partial charge is 0.352 e. The quantitative estimate of drug-likeness (QED) is 0.568. The van der Waals surface area contributed by atoms with Crippen molar-refractivity contribution < 1.29 is 22.8 Å². The van der Waals surface area contributed by atoms with Crippen molar-refractivity contribution in [3.8, 4) is 0 Å². The van der Waals surface area contributed by atoms with Gasteiger partial charge >= 0.3 is 0 Å². The Bertz CT molecular complexity index is 1230. The molecule has 3 amide bonds. The summed E-state index contributed by atoms with van der Waals surface area (Å²) in [5.41, 5.74) is 0.644. The molecule has 0 saturated carbocycles. The second-order valence-corrected chi connectivity index (χ2v) is 10.9. The molecule has 1 aliphatic rings. The van der Waals surface area contributed by atoms with E-state index in [1.165, 1.54) is 29.2 Å². The summed E-state index contributed by atoms with van der Waals surface area (Å²) >= 11 is 12.2. The van der Waals surface area contributed by atoms with Crippen molar-refractivity contribution >= 4 is 50.9 Å². The lowest BCUT2D eigenvalue weighted by Crippen LogP contribution is -2.49. The molecule has 0 saturated heterocycles. The van der Waals surface area contributed by atoms with Gasteiger partial charge in [0.25, 0.3) is 15.9 Å². The van der Waals surface area contributed by atoms with Gasteiger partial charge in [0, 0.05) is 35.6 Å². The Morgan fingerprint density at radius 1 is 1.09 bits per heavy atom. The topological polar surface area (TPSA) is 104 Å². The fourth-order valence-corrected chi connectivity index (χ4v) is 5.65. The summed E-state index contributed by atoms with van der Waals surface area (Å²) in [6.07, 6.45) is -0.302. The van der Waals surface area contributed by atoms with E-state index in [4.69, 9.17) is 23.2 Å². The van der Waals surface area contributed by atoms with E-state index in [2.05, 4.69) is 5.32 Å². The molecular formula is C23H25Cl2N3O5S. The van der Waals surface area contributed by atoms with Gasteiger partial charge in [0.15, 0.2) is 0 Å². The SMILES string of the molecule is CC(C)NC(=O)C(C)N(Cc1ccc(Cl)cc1Cl)C(=O)CCN1C(=O)c2ccccc2S1(=O)=O. The number of benzene rings is 2. The first-order chi connectivity index (χ1) is 15.9. The molecule has 11 heteroatoms. The molecular weight excluding hydrogens is 501 g/mol. The number of carbonyl (C=O) groups excluding carboxylic acids is 3.